The van der Waals surface area contributed by atoms with Gasteiger partial charge in [0, 0.05) is 59.6 Å². The largest absolute Gasteiger partial charge is 0.497 e. The lowest BCUT2D eigenvalue weighted by Crippen LogP contribution is -2.68. The molecule has 5 rings (SSSR count). The van der Waals surface area contributed by atoms with Gasteiger partial charge in [-0.2, -0.15) is 4.31 Å². The average molecular weight is 485 g/mol. The monoisotopic (exact) mass is 484 g/mol. The van der Waals surface area contributed by atoms with Gasteiger partial charge in [0.25, 0.3) is 0 Å². The molecule has 1 spiro atoms. The van der Waals surface area contributed by atoms with Crippen LogP contribution >= 0.6 is 0 Å². The number of fused-ring (bicyclic) bond motifs is 4. The van der Waals surface area contributed by atoms with Crippen molar-refractivity contribution in [1.82, 2.24) is 19.2 Å². The molecule has 34 heavy (non-hydrogen) atoms. The summed E-state index contributed by atoms with van der Waals surface area (Å²) in [5, 5.41) is 11.3. The first kappa shape index (κ1) is 22.8. The average Bonchev–Trinajstić information content (AvgIpc) is 3.21. The molecule has 0 unspecified atom stereocenters. The van der Waals surface area contributed by atoms with Crippen LogP contribution in [-0.4, -0.2) is 77.7 Å². The molecule has 2 aromatic heterocycles. The van der Waals surface area contributed by atoms with Crippen LogP contribution in [0.25, 0.3) is 10.9 Å². The Morgan fingerprint density at radius 3 is 2.71 bits per heavy atom. The van der Waals surface area contributed by atoms with Gasteiger partial charge in [-0.15, -0.1) is 0 Å². The number of hydrogen-bond acceptors (Lipinski definition) is 6. The minimum Gasteiger partial charge on any atom is -0.497 e. The number of aromatic nitrogens is 2. The molecule has 3 aromatic rings. The molecule has 2 aliphatic rings. The molecular formula is C24H28N4O5S. The zero-order valence-corrected chi connectivity index (χ0v) is 20.0. The summed E-state index contributed by atoms with van der Waals surface area (Å²) >= 11 is 0. The maximum atomic E-state index is 13.4. The van der Waals surface area contributed by atoms with Gasteiger partial charge in [-0.3, -0.25) is 9.78 Å². The number of sulfonamides is 1. The molecule has 0 aliphatic carbocycles. The number of hydrogen-bond donors (Lipinski definition) is 2. The molecule has 10 heteroatoms. The lowest BCUT2D eigenvalue weighted by atomic mass is 9.70. The molecule has 1 aromatic carbocycles. The van der Waals surface area contributed by atoms with Gasteiger partial charge >= 0.3 is 0 Å². The van der Waals surface area contributed by atoms with E-state index in [-0.39, 0.29) is 24.7 Å². The van der Waals surface area contributed by atoms with Gasteiger partial charge in [0.05, 0.1) is 31.9 Å². The number of aromatic amines is 1. The topological polar surface area (TPSA) is 116 Å². The van der Waals surface area contributed by atoms with Gasteiger partial charge < -0.3 is 19.7 Å². The van der Waals surface area contributed by atoms with Crippen molar-refractivity contribution in [3.63, 3.8) is 0 Å². The summed E-state index contributed by atoms with van der Waals surface area (Å²) in [7, 11) is -1.75. The highest BCUT2D eigenvalue weighted by Crippen LogP contribution is 2.49. The molecule has 2 aliphatic heterocycles. The number of H-pyrrole nitrogens is 1. The number of methoxy groups -OCH3 is 1. The maximum absolute atomic E-state index is 13.4. The van der Waals surface area contributed by atoms with Crippen LogP contribution in [0.4, 0.5) is 0 Å². The van der Waals surface area contributed by atoms with Gasteiger partial charge in [-0.05, 0) is 36.8 Å². The van der Waals surface area contributed by atoms with Gasteiger partial charge in [0.1, 0.15) is 5.75 Å². The summed E-state index contributed by atoms with van der Waals surface area (Å²) < 4.78 is 32.0. The third-order valence-corrected chi connectivity index (χ3v) is 8.79. The Hall–Kier alpha value is -2.95. The van der Waals surface area contributed by atoms with Crippen LogP contribution in [0.1, 0.15) is 29.9 Å². The van der Waals surface area contributed by atoms with E-state index in [1.165, 1.54) is 4.31 Å². The standard InChI is InChI=1S/C24H28N4O5S/c1-3-34(31,32)27-13-24(14-27)15-28(21(30)10-16-6-4-5-9-25-16)20(12-29)23-22(24)18-8-7-17(33-2)11-19(18)26-23/h4-9,11,20,26,29H,3,10,12-15H2,1-2H3/t20-/m0/s1. The molecule has 180 valence electrons. The molecule has 1 atom stereocenters. The quantitative estimate of drug-likeness (QED) is 0.549. The first-order chi connectivity index (χ1) is 16.3. The number of ether oxygens (including phenoxy) is 1. The van der Waals surface area contributed by atoms with E-state index < -0.39 is 21.5 Å². The van der Waals surface area contributed by atoms with Crippen molar-refractivity contribution in [2.24, 2.45) is 0 Å². The summed E-state index contributed by atoms with van der Waals surface area (Å²) in [5.74, 6) is 0.561. The highest BCUT2D eigenvalue weighted by molar-refractivity contribution is 7.89. The minimum atomic E-state index is -3.35. The van der Waals surface area contributed by atoms with Crippen LogP contribution in [0.3, 0.4) is 0 Å². The molecule has 0 radical (unpaired) electrons. The van der Waals surface area contributed by atoms with Crippen LogP contribution in [0.15, 0.2) is 42.6 Å². The predicted molar refractivity (Wildman–Crippen MR) is 127 cm³/mol. The summed E-state index contributed by atoms with van der Waals surface area (Å²) in [6.45, 7) is 2.29. The highest BCUT2D eigenvalue weighted by atomic mass is 32.2. The molecular weight excluding hydrogens is 456 g/mol. The Labute approximate surface area is 198 Å². The number of aliphatic hydroxyl groups excluding tert-OH is 1. The van der Waals surface area contributed by atoms with E-state index in [9.17, 15) is 18.3 Å². The fourth-order valence-corrected chi connectivity index (χ4v) is 6.55. The van der Waals surface area contributed by atoms with Crippen molar-refractivity contribution >= 4 is 26.8 Å². The third-order valence-electron chi connectivity index (χ3n) is 7.02. The zero-order valence-electron chi connectivity index (χ0n) is 19.2. The van der Waals surface area contributed by atoms with E-state index >= 15 is 0 Å². The minimum absolute atomic E-state index is 0.0304. The van der Waals surface area contributed by atoms with Gasteiger partial charge in [0.15, 0.2) is 0 Å². The Bertz CT molecular complexity index is 1330. The Morgan fingerprint density at radius 1 is 1.26 bits per heavy atom. The number of benzene rings is 1. The second-order valence-electron chi connectivity index (χ2n) is 8.99. The Kier molecular flexibility index (Phi) is 5.62. The molecule has 4 heterocycles. The highest BCUT2D eigenvalue weighted by Gasteiger charge is 2.56. The van der Waals surface area contributed by atoms with Crippen LogP contribution in [0.2, 0.25) is 0 Å². The maximum Gasteiger partial charge on any atom is 0.229 e. The fourth-order valence-electron chi connectivity index (χ4n) is 5.29. The van der Waals surface area contributed by atoms with Crippen molar-refractivity contribution in [3.05, 3.63) is 59.5 Å². The first-order valence-corrected chi connectivity index (χ1v) is 12.9. The van der Waals surface area contributed by atoms with Crippen LogP contribution in [-0.2, 0) is 26.7 Å². The molecule has 1 amide bonds. The van der Waals surface area contributed by atoms with Crippen LogP contribution in [0.5, 0.6) is 5.75 Å². The summed E-state index contributed by atoms with van der Waals surface area (Å²) in [6, 6.07) is 10.6. The summed E-state index contributed by atoms with van der Waals surface area (Å²) in [4.78, 5) is 22.8. The number of rotatable bonds is 6. The molecule has 2 N–H and O–H groups in total. The number of amides is 1. The van der Waals surface area contributed by atoms with Gasteiger partial charge in [0.2, 0.25) is 15.9 Å². The van der Waals surface area contributed by atoms with E-state index in [4.69, 9.17) is 4.74 Å². The number of nitrogens with zero attached hydrogens (tertiary/aromatic N) is 3. The fraction of sp³-hybridized carbons (Fsp3) is 0.417. The van der Waals surface area contributed by atoms with Crippen molar-refractivity contribution < 1.29 is 23.1 Å². The smallest absolute Gasteiger partial charge is 0.229 e. The van der Waals surface area contributed by atoms with E-state index in [2.05, 4.69) is 9.97 Å². The Balaban J connectivity index is 1.60. The second-order valence-corrected chi connectivity index (χ2v) is 11.2. The number of nitrogens with one attached hydrogen (secondary N) is 1. The normalized spacial score (nSPS) is 19.7. The number of pyridine rings is 1. The van der Waals surface area contributed by atoms with Gasteiger partial charge in [-0.1, -0.05) is 6.07 Å². The lowest BCUT2D eigenvalue weighted by Gasteiger charge is -2.55. The third kappa shape index (κ3) is 3.57. The van der Waals surface area contributed by atoms with Crippen LogP contribution < -0.4 is 4.74 Å². The van der Waals surface area contributed by atoms with E-state index in [1.54, 1.807) is 37.3 Å². The molecule has 0 bridgehead atoms. The lowest BCUT2D eigenvalue weighted by molar-refractivity contribution is -0.137. The predicted octanol–water partition coefficient (Wildman–Crippen LogP) is 1.59. The molecule has 9 nitrogen and oxygen atoms in total. The molecule has 1 fully saturated rings. The SMILES string of the molecule is CCS(=O)(=O)N1CC2(CN(C(=O)Cc3ccccn3)[C@@H](CO)c3[nH]c4cc(OC)ccc4c32)C1. The van der Waals surface area contributed by atoms with Crippen molar-refractivity contribution in [1.29, 1.82) is 0 Å². The van der Waals surface area contributed by atoms with E-state index in [1.807, 2.05) is 24.3 Å². The number of carbonyl (C=O) groups is 1. The molecule has 0 saturated carbocycles. The van der Waals surface area contributed by atoms with E-state index in [0.29, 0.717) is 31.1 Å². The van der Waals surface area contributed by atoms with Crippen molar-refractivity contribution in [3.8, 4) is 5.75 Å². The first-order valence-electron chi connectivity index (χ1n) is 11.3. The summed E-state index contributed by atoms with van der Waals surface area (Å²) in [6.07, 6.45) is 1.75. The Morgan fingerprint density at radius 2 is 2.06 bits per heavy atom. The molecule has 1 saturated heterocycles. The van der Waals surface area contributed by atoms with Crippen molar-refractivity contribution in [2.75, 3.05) is 39.1 Å². The second kappa shape index (κ2) is 8.37. The van der Waals surface area contributed by atoms with Crippen LogP contribution in [0, 0.1) is 0 Å². The number of aliphatic hydroxyl groups is 1. The van der Waals surface area contributed by atoms with Crippen molar-refractivity contribution in [2.45, 2.75) is 24.8 Å². The van der Waals surface area contributed by atoms with E-state index in [0.717, 1.165) is 22.2 Å². The zero-order chi connectivity index (χ0) is 24.1. The number of carbonyl (C=O) groups excluding carboxylic acids is 1. The summed E-state index contributed by atoms with van der Waals surface area (Å²) in [5.41, 5.74) is 2.65. The van der Waals surface area contributed by atoms with Gasteiger partial charge in [-0.25, -0.2) is 8.42 Å².